The molecule has 0 spiro atoms. The maximum absolute atomic E-state index is 12.1. The molecule has 5 rings (SSSR count). The summed E-state index contributed by atoms with van der Waals surface area (Å²) in [6, 6.07) is 0.533. The van der Waals surface area contributed by atoms with E-state index < -0.39 is 0 Å². The summed E-state index contributed by atoms with van der Waals surface area (Å²) in [5.74, 6) is 5.08. The van der Waals surface area contributed by atoms with Crippen molar-refractivity contribution < 1.29 is 4.79 Å². The van der Waals surface area contributed by atoms with E-state index in [1.165, 1.54) is 32.1 Å². The summed E-state index contributed by atoms with van der Waals surface area (Å²) in [5, 5.41) is 0. The molecule has 1 heterocycles. The van der Waals surface area contributed by atoms with Gasteiger partial charge in [0, 0.05) is 25.6 Å². The summed E-state index contributed by atoms with van der Waals surface area (Å²) in [4.78, 5) is 14.2. The number of carbonyl (C=O) groups excluding carboxylic acids is 1. The summed E-state index contributed by atoms with van der Waals surface area (Å²) < 4.78 is 0. The van der Waals surface area contributed by atoms with Crippen LogP contribution < -0.4 is 5.73 Å². The maximum Gasteiger partial charge on any atom is 0.222 e. The first-order valence-electron chi connectivity index (χ1n) is 8.25. The number of amides is 1. The Balaban J connectivity index is 1.57. The van der Waals surface area contributed by atoms with Crippen LogP contribution in [-0.4, -0.2) is 29.9 Å². The lowest BCUT2D eigenvalue weighted by atomic mass is 9.50. The van der Waals surface area contributed by atoms with Crippen molar-refractivity contribution >= 4 is 5.91 Å². The van der Waals surface area contributed by atoms with Crippen molar-refractivity contribution in [2.75, 3.05) is 13.1 Å². The Kier molecular flexibility index (Phi) is 2.87. The number of carbonyl (C=O) groups is 1. The fourth-order valence-electron chi connectivity index (χ4n) is 6.18. The second-order valence-corrected chi connectivity index (χ2v) is 7.49. The number of rotatable bonds is 3. The normalized spacial score (nSPS) is 48.3. The molecule has 106 valence electrons. The van der Waals surface area contributed by atoms with Crippen molar-refractivity contribution in [3.63, 3.8) is 0 Å². The lowest BCUT2D eigenvalue weighted by Gasteiger charge is -2.57. The molecule has 5 aliphatic rings. The van der Waals surface area contributed by atoms with Crippen molar-refractivity contribution in [3.8, 4) is 0 Å². The molecule has 0 radical (unpaired) electrons. The molecule has 4 saturated carbocycles. The van der Waals surface area contributed by atoms with Crippen LogP contribution in [0, 0.1) is 29.6 Å². The maximum atomic E-state index is 12.1. The van der Waals surface area contributed by atoms with Gasteiger partial charge in [-0.3, -0.25) is 4.79 Å². The van der Waals surface area contributed by atoms with Crippen LogP contribution in [0.2, 0.25) is 0 Å². The average molecular weight is 262 g/mol. The second kappa shape index (κ2) is 4.47. The van der Waals surface area contributed by atoms with Gasteiger partial charge in [-0.05, 0) is 68.1 Å². The van der Waals surface area contributed by atoms with E-state index in [1.807, 2.05) is 0 Å². The van der Waals surface area contributed by atoms with E-state index in [1.54, 1.807) is 0 Å². The minimum absolute atomic E-state index is 0.365. The highest BCUT2D eigenvalue weighted by atomic mass is 16.2. The molecule has 0 aromatic heterocycles. The van der Waals surface area contributed by atoms with Gasteiger partial charge in [0.05, 0.1) is 0 Å². The summed E-state index contributed by atoms with van der Waals surface area (Å²) in [6.45, 7) is 1.40. The Morgan fingerprint density at radius 3 is 2.26 bits per heavy atom. The van der Waals surface area contributed by atoms with Crippen LogP contribution in [0.4, 0.5) is 0 Å². The Morgan fingerprint density at radius 1 is 1.05 bits per heavy atom. The largest absolute Gasteiger partial charge is 0.338 e. The molecule has 0 aromatic rings. The van der Waals surface area contributed by atoms with E-state index in [2.05, 4.69) is 4.90 Å². The van der Waals surface area contributed by atoms with Crippen molar-refractivity contribution in [1.82, 2.24) is 4.90 Å². The molecular weight excluding hydrogens is 236 g/mol. The Labute approximate surface area is 115 Å². The van der Waals surface area contributed by atoms with E-state index in [0.29, 0.717) is 18.5 Å². The van der Waals surface area contributed by atoms with Crippen molar-refractivity contribution in [2.24, 2.45) is 35.3 Å². The third kappa shape index (κ3) is 1.84. The monoisotopic (exact) mass is 262 g/mol. The summed E-state index contributed by atoms with van der Waals surface area (Å²) in [6.07, 6.45) is 9.21. The minimum Gasteiger partial charge on any atom is -0.338 e. The molecule has 3 heteroatoms. The first-order valence-corrected chi connectivity index (χ1v) is 8.25. The Morgan fingerprint density at radius 2 is 1.68 bits per heavy atom. The molecule has 19 heavy (non-hydrogen) atoms. The second-order valence-electron chi connectivity index (χ2n) is 7.49. The molecular formula is C16H26N2O. The van der Waals surface area contributed by atoms with Gasteiger partial charge in [0.25, 0.3) is 0 Å². The number of likely N-dealkylation sites (tertiary alicyclic amines) is 1. The van der Waals surface area contributed by atoms with Crippen LogP contribution in [0.1, 0.15) is 44.9 Å². The fourth-order valence-corrected chi connectivity index (χ4v) is 6.18. The van der Waals surface area contributed by atoms with Crippen LogP contribution in [0.25, 0.3) is 0 Å². The van der Waals surface area contributed by atoms with Gasteiger partial charge < -0.3 is 10.6 Å². The highest BCUT2D eigenvalue weighted by Gasteiger charge is 2.52. The molecule has 1 aliphatic heterocycles. The smallest absolute Gasteiger partial charge is 0.222 e. The van der Waals surface area contributed by atoms with Gasteiger partial charge in [0.2, 0.25) is 5.91 Å². The molecule has 4 aliphatic carbocycles. The third-order valence-electron chi connectivity index (χ3n) is 6.49. The number of hydrogen-bond donors (Lipinski definition) is 1. The number of nitrogens with two attached hydrogens (primary N) is 1. The molecule has 4 bridgehead atoms. The van der Waals surface area contributed by atoms with Crippen LogP contribution >= 0.6 is 0 Å². The van der Waals surface area contributed by atoms with E-state index in [9.17, 15) is 4.79 Å². The molecule has 1 amide bonds. The molecule has 1 saturated heterocycles. The SMILES string of the molecule is NCCN1C(=O)CCC1C1C2CC3CC(C2)CC1C3. The molecule has 1 atom stereocenters. The third-order valence-corrected chi connectivity index (χ3v) is 6.49. The minimum atomic E-state index is 0.365. The highest BCUT2D eigenvalue weighted by Crippen LogP contribution is 2.58. The standard InChI is InChI=1S/C16H26N2O/c17-3-4-18-14(1-2-15(18)19)16-12-6-10-5-11(8-12)9-13(16)7-10/h10-14,16H,1-9,17H2. The predicted molar refractivity (Wildman–Crippen MR) is 74.3 cm³/mol. The lowest BCUT2D eigenvalue weighted by molar-refractivity contribution is -0.132. The molecule has 0 aromatic carbocycles. The Bertz CT molecular complexity index is 353. The van der Waals surface area contributed by atoms with Crippen molar-refractivity contribution in [2.45, 2.75) is 51.0 Å². The quantitative estimate of drug-likeness (QED) is 0.845. The highest BCUT2D eigenvalue weighted by molar-refractivity contribution is 5.78. The first-order chi connectivity index (χ1) is 9.26. The zero-order valence-corrected chi connectivity index (χ0v) is 11.8. The number of nitrogens with zero attached hydrogens (tertiary/aromatic N) is 1. The van der Waals surface area contributed by atoms with Crippen molar-refractivity contribution in [3.05, 3.63) is 0 Å². The van der Waals surface area contributed by atoms with E-state index in [4.69, 9.17) is 5.73 Å². The summed E-state index contributed by atoms with van der Waals surface area (Å²) in [7, 11) is 0. The first kappa shape index (κ1) is 12.2. The lowest BCUT2D eigenvalue weighted by Crippen LogP contribution is -2.53. The van der Waals surface area contributed by atoms with Gasteiger partial charge in [-0.1, -0.05) is 0 Å². The Hall–Kier alpha value is -0.570. The topological polar surface area (TPSA) is 46.3 Å². The molecule has 5 fully saturated rings. The zero-order chi connectivity index (χ0) is 13.0. The van der Waals surface area contributed by atoms with Crippen LogP contribution in [-0.2, 0) is 4.79 Å². The van der Waals surface area contributed by atoms with Gasteiger partial charge in [0.15, 0.2) is 0 Å². The van der Waals surface area contributed by atoms with Crippen LogP contribution in [0.15, 0.2) is 0 Å². The van der Waals surface area contributed by atoms with Crippen LogP contribution in [0.5, 0.6) is 0 Å². The average Bonchev–Trinajstić information content (AvgIpc) is 2.71. The zero-order valence-electron chi connectivity index (χ0n) is 11.8. The predicted octanol–water partition coefficient (Wildman–Crippen LogP) is 2.01. The molecule has 2 N–H and O–H groups in total. The summed E-state index contributed by atoms with van der Waals surface area (Å²) in [5.41, 5.74) is 5.71. The van der Waals surface area contributed by atoms with Crippen LogP contribution in [0.3, 0.4) is 0 Å². The van der Waals surface area contributed by atoms with Gasteiger partial charge in [-0.25, -0.2) is 0 Å². The molecule has 1 unspecified atom stereocenters. The number of hydrogen-bond acceptors (Lipinski definition) is 2. The fraction of sp³-hybridized carbons (Fsp3) is 0.938. The van der Waals surface area contributed by atoms with E-state index >= 15 is 0 Å². The van der Waals surface area contributed by atoms with E-state index in [0.717, 1.165) is 49.0 Å². The van der Waals surface area contributed by atoms with Gasteiger partial charge in [0.1, 0.15) is 0 Å². The van der Waals surface area contributed by atoms with Gasteiger partial charge >= 0.3 is 0 Å². The van der Waals surface area contributed by atoms with E-state index in [-0.39, 0.29) is 0 Å². The molecule has 3 nitrogen and oxygen atoms in total. The van der Waals surface area contributed by atoms with Gasteiger partial charge in [-0.15, -0.1) is 0 Å². The van der Waals surface area contributed by atoms with Gasteiger partial charge in [-0.2, -0.15) is 0 Å². The van der Waals surface area contributed by atoms with Crippen molar-refractivity contribution in [1.29, 1.82) is 0 Å². The summed E-state index contributed by atoms with van der Waals surface area (Å²) >= 11 is 0.